The van der Waals surface area contributed by atoms with Crippen molar-refractivity contribution in [2.24, 2.45) is 35.3 Å². The fourth-order valence-corrected chi connectivity index (χ4v) is 17.9. The molecule has 32 nitrogen and oxygen atoms in total. The van der Waals surface area contributed by atoms with Crippen molar-refractivity contribution in [2.45, 2.75) is 211 Å². The molecule has 2 saturated heterocycles. The molecule has 4 aliphatic heterocycles. The molecule has 4 amide bonds. The quantitative estimate of drug-likeness (QED) is 0.00922. The third-order valence-electron chi connectivity index (χ3n) is 23.9. The van der Waals surface area contributed by atoms with Crippen LogP contribution in [0.2, 0.25) is 0 Å². The Labute approximate surface area is 756 Å². The highest BCUT2D eigenvalue weighted by molar-refractivity contribution is 8.15. The summed E-state index contributed by atoms with van der Waals surface area (Å²) in [5.41, 5.74) is 18.2. The smallest absolute Gasteiger partial charge is 0.407 e. The summed E-state index contributed by atoms with van der Waals surface area (Å²) in [4.78, 5) is 119. The highest BCUT2D eigenvalue weighted by Gasteiger charge is 2.53. The van der Waals surface area contributed by atoms with Crippen molar-refractivity contribution < 1.29 is 120 Å². The topological polar surface area (TPSA) is 422 Å². The Balaban J connectivity index is 0.638. The summed E-state index contributed by atoms with van der Waals surface area (Å²) in [7, 11) is 2.82. The van der Waals surface area contributed by atoms with Crippen LogP contribution < -0.4 is 26.8 Å². The van der Waals surface area contributed by atoms with E-state index in [-0.39, 0.29) is 98.3 Å². The van der Waals surface area contributed by atoms with Gasteiger partial charge in [-0.25, -0.2) is 14.6 Å². The molecule has 128 heavy (non-hydrogen) atoms. The first-order valence-corrected chi connectivity index (χ1v) is 46.7. The number of benzene rings is 2. The van der Waals surface area contributed by atoms with E-state index >= 15 is 0 Å². The van der Waals surface area contributed by atoms with Crippen LogP contribution in [0.3, 0.4) is 0 Å². The number of carbonyl (C=O) groups is 8. The minimum atomic E-state index is -2.51. The number of carbonyl (C=O) groups excluding carboxylic acids is 8. The van der Waals surface area contributed by atoms with E-state index in [9.17, 15) is 53.7 Å². The number of ketones is 3. The van der Waals surface area contributed by atoms with Crippen molar-refractivity contribution in [1.29, 1.82) is 0 Å². The number of nitrogens with zero attached hydrogens (tertiary/aromatic N) is 3. The minimum absolute atomic E-state index is 0.00275. The van der Waals surface area contributed by atoms with E-state index in [0.717, 1.165) is 49.1 Å². The van der Waals surface area contributed by atoms with Gasteiger partial charge in [0, 0.05) is 117 Å². The molecule has 1 saturated carbocycles. The number of alkyl carbamates (subject to hydrolysis) is 1. The van der Waals surface area contributed by atoms with Gasteiger partial charge in [0.25, 0.3) is 17.6 Å². The fourth-order valence-electron chi connectivity index (χ4n) is 16.3. The van der Waals surface area contributed by atoms with Gasteiger partial charge in [-0.2, -0.15) is 10.5 Å². The Hall–Kier alpha value is -8.07. The number of cyclic esters (lactones) is 1. The van der Waals surface area contributed by atoms with Crippen molar-refractivity contribution in [3.05, 3.63) is 119 Å². The number of ether oxygens (including phenoxy) is 14. The number of anilines is 1. The van der Waals surface area contributed by atoms with E-state index < -0.39 is 120 Å². The molecular weight excluding hydrogens is 1670 g/mol. The number of hydrogen-bond acceptors (Lipinski definition) is 28. The number of aryl methyl sites for hydroxylation is 1. The summed E-state index contributed by atoms with van der Waals surface area (Å²) >= 11 is 0. The third-order valence-corrected chi connectivity index (χ3v) is 26.0. The summed E-state index contributed by atoms with van der Waals surface area (Å²) in [5, 5.41) is 42.5. The van der Waals surface area contributed by atoms with Gasteiger partial charge in [-0.1, -0.05) is 75.6 Å². The van der Waals surface area contributed by atoms with E-state index in [4.69, 9.17) is 77.8 Å². The number of hydrogen-bond donors (Lipinski definition) is 7. The van der Waals surface area contributed by atoms with E-state index in [1.165, 1.54) is 20.1 Å². The largest absolute Gasteiger partial charge is 0.491 e. The number of nitrogens with two attached hydrogens (primary N) is 2. The van der Waals surface area contributed by atoms with Gasteiger partial charge in [0.05, 0.1) is 131 Å². The molecule has 16 atom stereocenters. The van der Waals surface area contributed by atoms with Gasteiger partial charge in [-0.15, -0.1) is 0 Å². The maximum atomic E-state index is 14.7. The molecule has 2 aromatic carbocycles. The molecular formula is C95H141N7O25S. The van der Waals surface area contributed by atoms with Crippen molar-refractivity contribution in [3.8, 4) is 16.9 Å². The van der Waals surface area contributed by atoms with E-state index in [1.807, 2.05) is 99.4 Å². The number of piperidine rings is 1. The normalized spacial score (nSPS) is 27.0. The molecule has 712 valence electrons. The number of allylic oxidation sites excluding steroid dienone is 6. The predicted octanol–water partition coefficient (Wildman–Crippen LogP) is 8.73. The zero-order chi connectivity index (χ0) is 92.5. The zero-order valence-electron chi connectivity index (χ0n) is 76.5. The number of aliphatic hydroxyl groups excluding tert-OH is 2. The van der Waals surface area contributed by atoms with Gasteiger partial charge in [0.1, 0.15) is 54.4 Å². The Morgan fingerprint density at radius 2 is 1.35 bits per heavy atom. The van der Waals surface area contributed by atoms with Gasteiger partial charge in [0.2, 0.25) is 11.7 Å². The Morgan fingerprint density at radius 1 is 0.695 bits per heavy atom. The third kappa shape index (κ3) is 34.0. The highest BCUT2D eigenvalue weighted by Crippen LogP contribution is 2.39. The number of pyridine rings is 1. The van der Waals surface area contributed by atoms with Crippen LogP contribution in [0.5, 0.6) is 5.75 Å². The Kier molecular flexibility index (Phi) is 46.0. The van der Waals surface area contributed by atoms with Gasteiger partial charge < -0.3 is 114 Å². The first kappa shape index (κ1) is 105. The number of nitrogens with one attached hydrogen (secondary N) is 2. The minimum Gasteiger partial charge on any atom is -0.491 e. The number of nitrogen functional groups attached to an aromatic ring is 1. The maximum absolute atomic E-state index is 14.7. The first-order valence-electron chi connectivity index (χ1n) is 45.2. The maximum Gasteiger partial charge on any atom is 0.407 e. The van der Waals surface area contributed by atoms with Gasteiger partial charge in [-0.05, 0) is 168 Å². The average molecular weight is 1810 g/mol. The first-order chi connectivity index (χ1) is 61.6. The van der Waals surface area contributed by atoms with Crippen LogP contribution in [-0.4, -0.2) is 302 Å². The number of rotatable bonds is 39. The molecule has 0 spiro atoms. The van der Waals surface area contributed by atoms with Gasteiger partial charge >= 0.3 is 12.1 Å². The van der Waals surface area contributed by atoms with Crippen LogP contribution >= 0.6 is 10.5 Å². The van der Waals surface area contributed by atoms with Crippen LogP contribution in [0.15, 0.2) is 107 Å². The van der Waals surface area contributed by atoms with Crippen molar-refractivity contribution in [3.63, 3.8) is 0 Å². The second-order valence-corrected chi connectivity index (χ2v) is 35.8. The molecule has 8 rings (SSSR count). The molecule has 2 bridgehead atoms. The number of aromatic nitrogens is 1. The van der Waals surface area contributed by atoms with Crippen molar-refractivity contribution >= 4 is 68.8 Å². The molecule has 3 aromatic rings. The fraction of sp³-hybridized carbons (Fsp3) is 0.642. The lowest BCUT2D eigenvalue weighted by Crippen LogP contribution is -2.61. The Bertz CT molecular complexity index is 4170. The van der Waals surface area contributed by atoms with Crippen LogP contribution in [-0.2, 0) is 96.9 Å². The summed E-state index contributed by atoms with van der Waals surface area (Å²) in [6.07, 6.45) is 8.73. The second-order valence-electron chi connectivity index (χ2n) is 33.6. The van der Waals surface area contributed by atoms with Gasteiger partial charge in [-0.3, -0.25) is 28.8 Å². The predicted molar refractivity (Wildman–Crippen MR) is 484 cm³/mol. The lowest BCUT2D eigenvalue weighted by atomic mass is 9.80. The average Bonchev–Trinajstić information content (AvgIpc) is 0.849. The van der Waals surface area contributed by atoms with Crippen LogP contribution in [0, 0.1) is 36.5 Å². The summed E-state index contributed by atoms with van der Waals surface area (Å²) in [5.74, 6) is -7.51. The highest BCUT2D eigenvalue weighted by atomic mass is 32.2. The van der Waals surface area contributed by atoms with E-state index in [1.54, 1.807) is 40.1 Å². The monoisotopic (exact) mass is 1810 g/mol. The summed E-state index contributed by atoms with van der Waals surface area (Å²) in [6.45, 7) is 21.8. The summed E-state index contributed by atoms with van der Waals surface area (Å²) in [6, 6.07) is 13.4. The Morgan fingerprint density at radius 3 is 1.98 bits per heavy atom. The lowest BCUT2D eigenvalue weighted by Gasteiger charge is -2.42. The van der Waals surface area contributed by atoms with Crippen molar-refractivity contribution in [1.82, 2.24) is 25.4 Å². The number of methoxy groups -OCH3 is 2. The summed E-state index contributed by atoms with van der Waals surface area (Å²) < 4.78 is 80.9. The molecule has 0 radical (unpaired) electrons. The molecule has 1 aromatic heterocycles. The number of fused-ring (bicyclic) bond motifs is 4. The SMILES string of the molecule is C/C=S(\CCNC(=O)CCOCCOCCOCCOCCOCCOCCOCCOCCNC(=O)O[C@@H]1CC[C@@H](C[C@@H](N)[C@@H]2CC(=O)[C@H](C)/C=C(\C)[C@@H](O)[C@@H](O)C(=O)[C@H](C)C[C@H](C)/C=C/C=C/C=C(\C)[C@@H](OC)C[C@@H]3CC[C@@H](C)[C@@](O)(O3)C(=O)C(=O)N3CCCC[C@H]3C(=O)O2)C[C@H]1OC)c1ccc(C(=O)N2CCOc3ccc(-c4ccc(N)nc4)cc3C2)c(C)c1. The number of amides is 4. The molecule has 1 unspecified atom stereocenters. The lowest BCUT2D eigenvalue weighted by molar-refractivity contribution is -0.265. The second kappa shape index (κ2) is 56.0. The van der Waals surface area contributed by atoms with E-state index in [0.29, 0.717) is 175 Å². The molecule has 9 N–H and O–H groups in total. The molecule has 3 fully saturated rings. The zero-order valence-corrected chi connectivity index (χ0v) is 77.3. The van der Waals surface area contributed by atoms with Crippen molar-refractivity contribution in [2.75, 3.05) is 164 Å². The van der Waals surface area contributed by atoms with Crippen LogP contribution in [0.4, 0.5) is 10.6 Å². The van der Waals surface area contributed by atoms with Crippen LogP contribution in [0.25, 0.3) is 11.1 Å². The number of esters is 1. The number of Topliss-reactive ketones (excluding diaryl/α,β-unsaturated/α-hetero) is 3. The standard InChI is InChI=1S/C95H141N7O25S/c1-11-128(75-25-26-76(65(4)55-75)91(109)101-34-37-124-80-28-22-71(58-73(80)62-101)72-23-29-85(97)100-61-72)52-32-98-86(104)30-35-116-38-40-118-42-44-120-46-48-122-50-51-123-49-47-121-45-43-119-41-39-117-36-31-99-94(112)126-81-27-21-70(57-84(81)115-10)56-77(96)83-60-79(103)66(5)54-68(7)88(106)89(107)87(105)67(6)53-63(2)17-13-12-14-18-64(3)82(114-9)59-74-24-20-69(8)95(113,127-74)90(108)92(110)102-33-16-15-19-78(102)93(111)125-83/h11-14,17-18,22-23,25-26,28-29,54-55,58,61,63,66-67,69-70,74,77-78,81-84,88-89,106-107,113H,15-16,19-21,24,27,30-53,56-57,59-60,62,96H2,1-10H3,(H2,97,100)(H,98,104)(H,99,112)/b14-12+,17-13+,64-18+,68-54+/t63-,66-,67-,69-,70+,74+,77-,78+,81-,82+,83+,84-,88-,89+,95-,128?/m1/s1. The van der Waals surface area contributed by atoms with Gasteiger partial charge in [0.15, 0.2) is 5.78 Å². The molecule has 5 heterocycles. The van der Waals surface area contributed by atoms with Crippen LogP contribution in [0.1, 0.15) is 153 Å². The van der Waals surface area contributed by atoms with E-state index in [2.05, 4.69) is 27.1 Å². The molecule has 5 aliphatic rings. The molecule has 33 heteroatoms. The number of aliphatic hydroxyl groups is 3. The molecule has 1 aliphatic carbocycles.